The van der Waals surface area contributed by atoms with Crippen molar-refractivity contribution in [2.24, 2.45) is 5.92 Å². The zero-order chi connectivity index (χ0) is 12.8. The molecule has 0 aromatic carbocycles. The largest absolute Gasteiger partial charge is 0.480 e. The van der Waals surface area contributed by atoms with Crippen LogP contribution in [0.2, 0.25) is 0 Å². The number of rotatable bonds is 7. The molecule has 4 heteroatoms. The third kappa shape index (κ3) is 5.14. The van der Waals surface area contributed by atoms with Crippen molar-refractivity contribution >= 4 is 11.9 Å². The van der Waals surface area contributed by atoms with Gasteiger partial charge in [0.25, 0.3) is 0 Å². The molecular formula is C12H23NO3. The van der Waals surface area contributed by atoms with Crippen LogP contribution in [0.5, 0.6) is 0 Å². The van der Waals surface area contributed by atoms with Crippen LogP contribution in [0.1, 0.15) is 53.4 Å². The quantitative estimate of drug-likeness (QED) is 0.703. The molecule has 0 rings (SSSR count). The van der Waals surface area contributed by atoms with Gasteiger partial charge in [-0.15, -0.1) is 0 Å². The molecule has 0 bridgehead atoms. The summed E-state index contributed by atoms with van der Waals surface area (Å²) >= 11 is 0. The van der Waals surface area contributed by atoms with Crippen LogP contribution in [-0.2, 0) is 9.59 Å². The summed E-state index contributed by atoms with van der Waals surface area (Å²) in [7, 11) is 0. The molecule has 2 N–H and O–H groups in total. The van der Waals surface area contributed by atoms with Gasteiger partial charge in [0, 0.05) is 6.42 Å². The normalized spacial score (nSPS) is 14.6. The summed E-state index contributed by atoms with van der Waals surface area (Å²) in [6.07, 6.45) is 2.36. The van der Waals surface area contributed by atoms with Crippen molar-refractivity contribution in [1.82, 2.24) is 5.32 Å². The topological polar surface area (TPSA) is 66.4 Å². The van der Waals surface area contributed by atoms with E-state index in [1.165, 1.54) is 0 Å². The number of carboxylic acids is 1. The molecule has 0 spiro atoms. The van der Waals surface area contributed by atoms with Crippen LogP contribution in [0.15, 0.2) is 0 Å². The number of carbonyl (C=O) groups excluding carboxylic acids is 1. The fourth-order valence-electron chi connectivity index (χ4n) is 1.51. The molecule has 0 aliphatic carbocycles. The van der Waals surface area contributed by atoms with Crippen molar-refractivity contribution in [3.63, 3.8) is 0 Å². The molecule has 0 aliphatic heterocycles. The minimum absolute atomic E-state index is 0.174. The molecule has 1 amide bonds. The molecule has 0 radical (unpaired) electrons. The first kappa shape index (κ1) is 14.9. The van der Waals surface area contributed by atoms with E-state index < -0.39 is 11.5 Å². The second kappa shape index (κ2) is 6.51. The SMILES string of the molecule is CCCC(C)(NC(=O)CCC(C)C)C(=O)O. The van der Waals surface area contributed by atoms with Gasteiger partial charge in [-0.2, -0.15) is 0 Å². The van der Waals surface area contributed by atoms with E-state index in [9.17, 15) is 9.59 Å². The Labute approximate surface area is 97.4 Å². The molecular weight excluding hydrogens is 206 g/mol. The van der Waals surface area contributed by atoms with Gasteiger partial charge in [0.2, 0.25) is 5.91 Å². The summed E-state index contributed by atoms with van der Waals surface area (Å²) in [5.41, 5.74) is -1.12. The first-order valence-corrected chi connectivity index (χ1v) is 5.86. The van der Waals surface area contributed by atoms with Gasteiger partial charge in [-0.1, -0.05) is 27.2 Å². The molecule has 0 aliphatic rings. The van der Waals surface area contributed by atoms with E-state index in [-0.39, 0.29) is 5.91 Å². The zero-order valence-corrected chi connectivity index (χ0v) is 10.7. The molecule has 4 nitrogen and oxygen atoms in total. The van der Waals surface area contributed by atoms with Crippen LogP contribution in [0.3, 0.4) is 0 Å². The Balaban J connectivity index is 4.30. The Kier molecular flexibility index (Phi) is 6.08. The lowest BCUT2D eigenvalue weighted by Crippen LogP contribution is -2.52. The highest BCUT2D eigenvalue weighted by Gasteiger charge is 2.33. The average molecular weight is 229 g/mol. The molecule has 94 valence electrons. The maximum absolute atomic E-state index is 11.6. The van der Waals surface area contributed by atoms with E-state index in [0.717, 1.165) is 12.8 Å². The summed E-state index contributed by atoms with van der Waals surface area (Å²) in [6, 6.07) is 0. The molecule has 0 aromatic rings. The van der Waals surface area contributed by atoms with Crippen LogP contribution in [0.25, 0.3) is 0 Å². The zero-order valence-electron chi connectivity index (χ0n) is 10.7. The predicted octanol–water partition coefficient (Wildman–Crippen LogP) is 2.18. The fraction of sp³-hybridized carbons (Fsp3) is 0.833. The fourth-order valence-corrected chi connectivity index (χ4v) is 1.51. The van der Waals surface area contributed by atoms with Crippen molar-refractivity contribution in [3.05, 3.63) is 0 Å². The molecule has 0 aromatic heterocycles. The van der Waals surface area contributed by atoms with Crippen molar-refractivity contribution in [2.45, 2.75) is 58.9 Å². The second-order valence-electron chi connectivity index (χ2n) is 4.87. The summed E-state index contributed by atoms with van der Waals surface area (Å²) in [4.78, 5) is 22.6. The summed E-state index contributed by atoms with van der Waals surface area (Å²) in [5.74, 6) is -0.688. The summed E-state index contributed by atoms with van der Waals surface area (Å²) < 4.78 is 0. The minimum Gasteiger partial charge on any atom is -0.480 e. The highest BCUT2D eigenvalue weighted by molar-refractivity contribution is 5.86. The Hall–Kier alpha value is -1.06. The number of hydrogen-bond donors (Lipinski definition) is 2. The van der Waals surface area contributed by atoms with Crippen LogP contribution in [0, 0.1) is 5.92 Å². The molecule has 0 heterocycles. The van der Waals surface area contributed by atoms with Crippen molar-refractivity contribution < 1.29 is 14.7 Å². The third-order valence-corrected chi connectivity index (χ3v) is 2.59. The summed E-state index contributed by atoms with van der Waals surface area (Å²) in [5, 5.41) is 11.7. The van der Waals surface area contributed by atoms with E-state index in [2.05, 4.69) is 5.32 Å². The summed E-state index contributed by atoms with van der Waals surface area (Å²) in [6.45, 7) is 7.54. The number of amides is 1. The maximum Gasteiger partial charge on any atom is 0.329 e. The van der Waals surface area contributed by atoms with Crippen molar-refractivity contribution in [2.75, 3.05) is 0 Å². The van der Waals surface area contributed by atoms with Gasteiger partial charge in [-0.05, 0) is 25.7 Å². The van der Waals surface area contributed by atoms with Crippen LogP contribution >= 0.6 is 0 Å². The van der Waals surface area contributed by atoms with Crippen LogP contribution in [0.4, 0.5) is 0 Å². The number of carbonyl (C=O) groups is 2. The van der Waals surface area contributed by atoms with E-state index >= 15 is 0 Å². The number of hydrogen-bond acceptors (Lipinski definition) is 2. The van der Waals surface area contributed by atoms with Gasteiger partial charge >= 0.3 is 5.97 Å². The first-order chi connectivity index (χ1) is 7.31. The van der Waals surface area contributed by atoms with E-state index in [4.69, 9.17) is 5.11 Å². The first-order valence-electron chi connectivity index (χ1n) is 5.86. The Morgan fingerprint density at radius 2 is 1.94 bits per heavy atom. The molecule has 16 heavy (non-hydrogen) atoms. The highest BCUT2D eigenvalue weighted by Crippen LogP contribution is 2.13. The average Bonchev–Trinajstić information content (AvgIpc) is 2.14. The number of aliphatic carboxylic acids is 1. The van der Waals surface area contributed by atoms with Gasteiger partial charge in [0.1, 0.15) is 5.54 Å². The Morgan fingerprint density at radius 1 is 1.38 bits per heavy atom. The van der Waals surface area contributed by atoms with Gasteiger partial charge in [-0.3, -0.25) is 4.79 Å². The van der Waals surface area contributed by atoms with Gasteiger partial charge < -0.3 is 10.4 Å². The minimum atomic E-state index is -1.12. The molecule has 0 saturated carbocycles. The molecule has 0 fully saturated rings. The molecule has 0 saturated heterocycles. The number of nitrogens with one attached hydrogen (secondary N) is 1. The number of carboxylic acid groups (broad SMARTS) is 1. The highest BCUT2D eigenvalue weighted by atomic mass is 16.4. The third-order valence-electron chi connectivity index (χ3n) is 2.59. The predicted molar refractivity (Wildman–Crippen MR) is 63.2 cm³/mol. The molecule has 1 unspecified atom stereocenters. The lowest BCUT2D eigenvalue weighted by Gasteiger charge is -2.25. The Bertz CT molecular complexity index is 251. The lowest BCUT2D eigenvalue weighted by molar-refractivity contribution is -0.147. The Morgan fingerprint density at radius 3 is 2.31 bits per heavy atom. The lowest BCUT2D eigenvalue weighted by atomic mass is 9.95. The van der Waals surface area contributed by atoms with E-state index in [1.54, 1.807) is 6.92 Å². The van der Waals surface area contributed by atoms with Gasteiger partial charge in [-0.25, -0.2) is 4.79 Å². The van der Waals surface area contributed by atoms with Gasteiger partial charge in [0.15, 0.2) is 0 Å². The van der Waals surface area contributed by atoms with Crippen LogP contribution in [-0.4, -0.2) is 22.5 Å². The standard InChI is InChI=1S/C12H23NO3/c1-5-8-12(4,11(15)16)13-10(14)7-6-9(2)3/h9H,5-8H2,1-4H3,(H,13,14)(H,15,16). The van der Waals surface area contributed by atoms with E-state index in [0.29, 0.717) is 18.8 Å². The smallest absolute Gasteiger partial charge is 0.329 e. The van der Waals surface area contributed by atoms with Crippen LogP contribution < -0.4 is 5.32 Å². The van der Waals surface area contributed by atoms with Gasteiger partial charge in [0.05, 0.1) is 0 Å². The second-order valence-corrected chi connectivity index (χ2v) is 4.87. The maximum atomic E-state index is 11.6. The van der Waals surface area contributed by atoms with Crippen molar-refractivity contribution in [3.8, 4) is 0 Å². The molecule has 1 atom stereocenters. The van der Waals surface area contributed by atoms with Crippen molar-refractivity contribution in [1.29, 1.82) is 0 Å². The van der Waals surface area contributed by atoms with E-state index in [1.807, 2.05) is 20.8 Å². The monoisotopic (exact) mass is 229 g/mol.